The van der Waals surface area contributed by atoms with Crippen molar-refractivity contribution >= 4 is 48.9 Å². The molecule has 1 N–H and O–H groups in total. The molecule has 0 aromatic rings. The quantitative estimate of drug-likeness (QED) is 0.539. The van der Waals surface area contributed by atoms with Crippen LogP contribution in [0.5, 0.6) is 0 Å². The van der Waals surface area contributed by atoms with E-state index in [1.54, 1.807) is 0 Å². The van der Waals surface area contributed by atoms with Crippen molar-refractivity contribution < 1.29 is 7.96 Å². The molecule has 0 bridgehead atoms. The number of hydrogen-bond acceptors (Lipinski definition) is 1. The second-order valence-corrected chi connectivity index (χ2v) is 3.20. The number of hydrogen-bond donors (Lipinski definition) is 1. The fraction of sp³-hybridized carbons (Fsp3) is 1.00. The fourth-order valence-corrected chi connectivity index (χ4v) is 1.25. The summed E-state index contributed by atoms with van der Waals surface area (Å²) in [4.78, 5) is 0. The van der Waals surface area contributed by atoms with Crippen LogP contribution in [0.25, 0.3) is 0 Å². The van der Waals surface area contributed by atoms with Crippen LogP contribution in [-0.4, -0.2) is 60.6 Å². The first kappa shape index (κ1) is 16.0. The van der Waals surface area contributed by atoms with E-state index in [1.165, 1.54) is 44.9 Å². The van der Waals surface area contributed by atoms with Crippen LogP contribution in [0.1, 0.15) is 61.1 Å². The average molecular weight is 298 g/mol. The van der Waals surface area contributed by atoms with Gasteiger partial charge in [-0.1, -0.05) is 51.9 Å². The first-order valence-corrected chi connectivity index (χ1v) is 5.02. The molecule has 0 aliphatic carbocycles. The molecule has 0 aliphatic heterocycles. The van der Waals surface area contributed by atoms with Gasteiger partial charge < -0.3 is 7.96 Å². The van der Waals surface area contributed by atoms with Gasteiger partial charge in [-0.25, -0.2) is 0 Å². The van der Waals surface area contributed by atoms with Crippen LogP contribution in [0.2, 0.25) is 0 Å². The Bertz CT molecular complexity index is 67.1. The van der Waals surface area contributed by atoms with E-state index >= 15 is 0 Å². The molecule has 2 heteroatoms. The molecule has 0 saturated carbocycles. The van der Waals surface area contributed by atoms with Crippen LogP contribution >= 0.6 is 0 Å². The molecule has 0 rings (SSSR count). The van der Waals surface area contributed by atoms with E-state index < -0.39 is 0 Å². The van der Waals surface area contributed by atoms with E-state index in [4.69, 9.17) is 5.11 Å². The molecular weight excluding hydrogens is 273 g/mol. The van der Waals surface area contributed by atoms with E-state index in [-0.39, 0.29) is 51.7 Å². The van der Waals surface area contributed by atoms with Gasteiger partial charge in [-0.2, -0.15) is 0 Å². The van der Waals surface area contributed by atoms with Gasteiger partial charge in [-0.3, -0.25) is 0 Å². The Morgan fingerprint density at radius 1 is 0.833 bits per heavy atom. The summed E-state index contributed by atoms with van der Waals surface area (Å²) in [5, 5.41) is 8.51. The minimum absolute atomic E-state index is 0. The van der Waals surface area contributed by atoms with Crippen LogP contribution in [-0.2, 0) is 0 Å². The van der Waals surface area contributed by atoms with Gasteiger partial charge in [0, 0.05) is 6.61 Å². The SMILES string of the molecule is CCCCCCCCCCO.[Ba+2].[H-].[H-]. The van der Waals surface area contributed by atoms with Crippen molar-refractivity contribution in [3.8, 4) is 0 Å². The maximum absolute atomic E-state index is 8.51. The standard InChI is InChI=1S/C10H22O.Ba.2H/c1-2-3-4-5-6-7-8-9-10-11;;;/h11H,2-10H2,1H3;;;/q;+2;2*-1. The van der Waals surface area contributed by atoms with Crippen molar-refractivity contribution in [2.24, 2.45) is 0 Å². The summed E-state index contributed by atoms with van der Waals surface area (Å²) < 4.78 is 0. The van der Waals surface area contributed by atoms with E-state index in [0.29, 0.717) is 6.61 Å². The molecule has 1 nitrogen and oxygen atoms in total. The van der Waals surface area contributed by atoms with Crippen LogP contribution < -0.4 is 0 Å². The molecule has 0 atom stereocenters. The van der Waals surface area contributed by atoms with Crippen molar-refractivity contribution in [1.29, 1.82) is 0 Å². The van der Waals surface area contributed by atoms with Crippen molar-refractivity contribution in [3.63, 3.8) is 0 Å². The fourth-order valence-electron chi connectivity index (χ4n) is 1.25. The molecule has 0 amide bonds. The Kier molecular flexibility index (Phi) is 20.0. The maximum Gasteiger partial charge on any atom is 2.00 e. The number of aliphatic hydroxyl groups excluding tert-OH is 1. The van der Waals surface area contributed by atoms with Gasteiger partial charge in [0.05, 0.1) is 0 Å². The zero-order chi connectivity index (χ0) is 8.36. The molecule has 72 valence electrons. The summed E-state index contributed by atoms with van der Waals surface area (Å²) in [7, 11) is 0. The zero-order valence-electron chi connectivity index (χ0n) is 10.5. The third-order valence-electron chi connectivity index (χ3n) is 2.01. The van der Waals surface area contributed by atoms with E-state index in [2.05, 4.69) is 6.92 Å². The smallest absolute Gasteiger partial charge is 1.00 e. The largest absolute Gasteiger partial charge is 2.00 e. The van der Waals surface area contributed by atoms with Crippen LogP contribution in [0, 0.1) is 0 Å². The monoisotopic (exact) mass is 298 g/mol. The Morgan fingerprint density at radius 3 is 1.67 bits per heavy atom. The third-order valence-corrected chi connectivity index (χ3v) is 2.01. The predicted molar refractivity (Wildman–Crippen MR) is 57.7 cm³/mol. The van der Waals surface area contributed by atoms with Gasteiger partial charge in [-0.15, -0.1) is 0 Å². The van der Waals surface area contributed by atoms with Crippen LogP contribution in [0.3, 0.4) is 0 Å². The van der Waals surface area contributed by atoms with E-state index in [1.807, 2.05) is 0 Å². The summed E-state index contributed by atoms with van der Waals surface area (Å²) in [6.07, 6.45) is 10.4. The molecule has 0 fully saturated rings. The maximum atomic E-state index is 8.51. The zero-order valence-corrected chi connectivity index (χ0v) is 13.0. The second-order valence-electron chi connectivity index (χ2n) is 3.20. The van der Waals surface area contributed by atoms with Crippen molar-refractivity contribution in [3.05, 3.63) is 0 Å². The van der Waals surface area contributed by atoms with E-state index in [0.717, 1.165) is 6.42 Å². The van der Waals surface area contributed by atoms with Gasteiger partial charge >= 0.3 is 48.9 Å². The topological polar surface area (TPSA) is 20.2 Å². The van der Waals surface area contributed by atoms with E-state index in [9.17, 15) is 0 Å². The number of aliphatic hydroxyl groups is 1. The first-order valence-electron chi connectivity index (χ1n) is 5.02. The molecule has 0 heterocycles. The summed E-state index contributed by atoms with van der Waals surface area (Å²) in [5.74, 6) is 0. The first-order chi connectivity index (χ1) is 5.41. The molecular formula is C10H24BaO. The van der Waals surface area contributed by atoms with Crippen LogP contribution in [0.4, 0.5) is 0 Å². The van der Waals surface area contributed by atoms with Gasteiger partial charge in [0.2, 0.25) is 0 Å². The summed E-state index contributed by atoms with van der Waals surface area (Å²) in [5.41, 5.74) is 0. The van der Waals surface area contributed by atoms with Gasteiger partial charge in [0.15, 0.2) is 0 Å². The van der Waals surface area contributed by atoms with Gasteiger partial charge in [0.1, 0.15) is 0 Å². The molecule has 0 aliphatic rings. The summed E-state index contributed by atoms with van der Waals surface area (Å²) in [6, 6.07) is 0. The minimum Gasteiger partial charge on any atom is -1.00 e. The van der Waals surface area contributed by atoms with Crippen molar-refractivity contribution in [2.75, 3.05) is 6.61 Å². The summed E-state index contributed by atoms with van der Waals surface area (Å²) in [6.45, 7) is 2.61. The molecule has 12 heavy (non-hydrogen) atoms. The normalized spacial score (nSPS) is 9.50. The molecule has 0 aromatic heterocycles. The summed E-state index contributed by atoms with van der Waals surface area (Å²) >= 11 is 0. The van der Waals surface area contributed by atoms with Crippen LogP contribution in [0.15, 0.2) is 0 Å². The Morgan fingerprint density at radius 2 is 1.25 bits per heavy atom. The van der Waals surface area contributed by atoms with Gasteiger partial charge in [-0.05, 0) is 6.42 Å². The molecule has 0 unspecified atom stereocenters. The minimum atomic E-state index is 0. The predicted octanol–water partition coefficient (Wildman–Crippen LogP) is 2.96. The van der Waals surface area contributed by atoms with Crippen molar-refractivity contribution in [2.45, 2.75) is 58.3 Å². The number of unbranched alkanes of at least 4 members (excludes halogenated alkanes) is 7. The molecule has 0 spiro atoms. The Balaban J connectivity index is -0.000000167. The third kappa shape index (κ3) is 14.1. The molecule has 0 radical (unpaired) electrons. The molecule has 0 saturated heterocycles. The second kappa shape index (κ2) is 15.0. The van der Waals surface area contributed by atoms with Gasteiger partial charge in [0.25, 0.3) is 0 Å². The Hall–Kier alpha value is 1.53. The Labute approximate surface area is 120 Å². The number of rotatable bonds is 8. The molecule has 0 aromatic carbocycles. The average Bonchev–Trinajstić information content (AvgIpc) is 2.03. The van der Waals surface area contributed by atoms with Crippen molar-refractivity contribution in [1.82, 2.24) is 0 Å².